The van der Waals surface area contributed by atoms with Crippen molar-refractivity contribution in [3.63, 3.8) is 0 Å². The van der Waals surface area contributed by atoms with Gasteiger partial charge in [0.1, 0.15) is 10.8 Å². The number of benzene rings is 1. The van der Waals surface area contributed by atoms with Gasteiger partial charge in [0.25, 0.3) is 0 Å². The zero-order chi connectivity index (χ0) is 17.1. The third-order valence-corrected chi connectivity index (χ3v) is 4.63. The highest BCUT2D eigenvalue weighted by atomic mass is 32.1. The van der Waals surface area contributed by atoms with Gasteiger partial charge in [0.15, 0.2) is 6.29 Å². The molecule has 0 aliphatic carbocycles. The molecule has 1 aromatic carbocycles. The molecule has 0 spiro atoms. The second-order valence-electron chi connectivity index (χ2n) is 5.94. The number of thiazole rings is 1. The summed E-state index contributed by atoms with van der Waals surface area (Å²) in [5, 5.41) is 0.825. The van der Waals surface area contributed by atoms with Gasteiger partial charge in [-0.2, -0.15) is 0 Å². The molecular formula is C18H19N3O2S. The van der Waals surface area contributed by atoms with E-state index < -0.39 is 0 Å². The van der Waals surface area contributed by atoms with E-state index in [4.69, 9.17) is 4.74 Å². The summed E-state index contributed by atoms with van der Waals surface area (Å²) in [7, 11) is 0. The van der Waals surface area contributed by atoms with Crippen molar-refractivity contribution in [3.8, 4) is 22.0 Å². The van der Waals surface area contributed by atoms with E-state index in [0.717, 1.165) is 34.0 Å². The molecule has 0 aliphatic heterocycles. The van der Waals surface area contributed by atoms with Gasteiger partial charge in [0, 0.05) is 18.0 Å². The standard InChI is InChI=1S/C18H19N3O2S/c1-12(2)10-23-16-5-4-14(8-15(16)21-7-6-19-11-21)18-20-13(3)17(9-22)24-18/h4-9,11-12H,10H2,1-3H3. The van der Waals surface area contributed by atoms with E-state index in [1.54, 1.807) is 12.5 Å². The molecule has 0 fully saturated rings. The van der Waals surface area contributed by atoms with E-state index in [9.17, 15) is 4.79 Å². The smallest absolute Gasteiger partial charge is 0.161 e. The van der Waals surface area contributed by atoms with Crippen LogP contribution in [0.25, 0.3) is 16.3 Å². The second-order valence-corrected chi connectivity index (χ2v) is 6.97. The molecule has 2 aromatic heterocycles. The van der Waals surface area contributed by atoms with E-state index in [1.807, 2.05) is 35.9 Å². The number of hydrogen-bond acceptors (Lipinski definition) is 5. The van der Waals surface area contributed by atoms with Gasteiger partial charge in [0.2, 0.25) is 0 Å². The summed E-state index contributed by atoms with van der Waals surface area (Å²) in [4.78, 5) is 20.3. The summed E-state index contributed by atoms with van der Waals surface area (Å²) >= 11 is 1.40. The van der Waals surface area contributed by atoms with Crippen molar-refractivity contribution in [1.29, 1.82) is 0 Å². The highest BCUT2D eigenvalue weighted by molar-refractivity contribution is 7.16. The molecule has 24 heavy (non-hydrogen) atoms. The molecule has 0 saturated heterocycles. The summed E-state index contributed by atoms with van der Waals surface area (Å²) in [6.45, 7) is 6.72. The van der Waals surface area contributed by atoms with Gasteiger partial charge in [-0.1, -0.05) is 13.8 Å². The van der Waals surface area contributed by atoms with Crippen LogP contribution in [0, 0.1) is 12.8 Å². The molecule has 0 unspecified atom stereocenters. The summed E-state index contributed by atoms with van der Waals surface area (Å²) in [5.41, 5.74) is 2.62. The SMILES string of the molecule is Cc1nc(-c2ccc(OCC(C)C)c(-n3ccnc3)c2)sc1C=O. The lowest BCUT2D eigenvalue weighted by Gasteiger charge is -2.14. The van der Waals surface area contributed by atoms with E-state index in [-0.39, 0.29) is 0 Å². The number of aromatic nitrogens is 3. The molecular weight excluding hydrogens is 322 g/mol. The maximum absolute atomic E-state index is 11.1. The third kappa shape index (κ3) is 3.38. The van der Waals surface area contributed by atoms with Crippen LogP contribution in [-0.4, -0.2) is 27.4 Å². The monoisotopic (exact) mass is 341 g/mol. The normalized spacial score (nSPS) is 11.0. The predicted octanol–water partition coefficient (Wildman–Crippen LogP) is 4.15. The first-order valence-electron chi connectivity index (χ1n) is 7.76. The van der Waals surface area contributed by atoms with Gasteiger partial charge in [-0.25, -0.2) is 9.97 Å². The van der Waals surface area contributed by atoms with Gasteiger partial charge >= 0.3 is 0 Å². The first-order chi connectivity index (χ1) is 11.6. The fourth-order valence-corrected chi connectivity index (χ4v) is 3.15. The number of hydrogen-bond donors (Lipinski definition) is 0. The molecule has 124 valence electrons. The zero-order valence-electron chi connectivity index (χ0n) is 13.9. The number of ether oxygens (including phenoxy) is 1. The first-order valence-corrected chi connectivity index (χ1v) is 8.58. The Bertz CT molecular complexity index is 838. The van der Waals surface area contributed by atoms with Gasteiger partial charge < -0.3 is 9.30 Å². The molecule has 0 saturated carbocycles. The lowest BCUT2D eigenvalue weighted by Crippen LogP contribution is -2.07. The number of imidazole rings is 1. The highest BCUT2D eigenvalue weighted by Gasteiger charge is 2.13. The summed E-state index contributed by atoms with van der Waals surface area (Å²) < 4.78 is 7.86. The topological polar surface area (TPSA) is 57.0 Å². The Morgan fingerprint density at radius 1 is 1.38 bits per heavy atom. The van der Waals surface area contributed by atoms with Crippen LogP contribution in [0.3, 0.4) is 0 Å². The van der Waals surface area contributed by atoms with E-state index in [1.165, 1.54) is 11.3 Å². The fourth-order valence-electron chi connectivity index (χ4n) is 2.27. The number of aldehydes is 1. The fraction of sp³-hybridized carbons (Fsp3) is 0.278. The summed E-state index contributed by atoms with van der Waals surface area (Å²) in [5.74, 6) is 1.24. The molecule has 0 bridgehead atoms. The van der Waals surface area contributed by atoms with Crippen molar-refractivity contribution >= 4 is 17.6 Å². The summed E-state index contributed by atoms with van der Waals surface area (Å²) in [6, 6.07) is 5.94. The van der Waals surface area contributed by atoms with Gasteiger partial charge in [-0.05, 0) is 31.0 Å². The van der Waals surface area contributed by atoms with Crippen LogP contribution in [0.1, 0.15) is 29.2 Å². The van der Waals surface area contributed by atoms with Crippen molar-refractivity contribution < 1.29 is 9.53 Å². The van der Waals surface area contributed by atoms with Crippen LogP contribution >= 0.6 is 11.3 Å². The van der Waals surface area contributed by atoms with Crippen LogP contribution in [-0.2, 0) is 0 Å². The lowest BCUT2D eigenvalue weighted by molar-refractivity contribution is 0.112. The van der Waals surface area contributed by atoms with E-state index in [0.29, 0.717) is 17.4 Å². The Labute approximate surface area is 145 Å². The maximum Gasteiger partial charge on any atom is 0.161 e. The van der Waals surface area contributed by atoms with Crippen molar-refractivity contribution in [1.82, 2.24) is 14.5 Å². The van der Waals surface area contributed by atoms with E-state index >= 15 is 0 Å². The Morgan fingerprint density at radius 2 is 2.21 bits per heavy atom. The van der Waals surface area contributed by atoms with Gasteiger partial charge in [-0.3, -0.25) is 4.79 Å². The number of carbonyl (C=O) groups excluding carboxylic acids is 1. The van der Waals surface area contributed by atoms with Crippen molar-refractivity contribution in [2.24, 2.45) is 5.92 Å². The minimum Gasteiger partial charge on any atom is -0.491 e. The molecule has 0 radical (unpaired) electrons. The molecule has 0 amide bonds. The maximum atomic E-state index is 11.1. The van der Waals surface area contributed by atoms with Crippen LogP contribution < -0.4 is 4.74 Å². The Morgan fingerprint density at radius 3 is 2.83 bits per heavy atom. The molecule has 0 aliphatic rings. The first kappa shape index (κ1) is 16.4. The second kappa shape index (κ2) is 6.97. The molecule has 3 rings (SSSR count). The molecule has 0 N–H and O–H groups in total. The van der Waals surface area contributed by atoms with E-state index in [2.05, 4.69) is 23.8 Å². The largest absolute Gasteiger partial charge is 0.491 e. The Balaban J connectivity index is 2.03. The lowest BCUT2D eigenvalue weighted by atomic mass is 10.2. The number of rotatable bonds is 6. The minimum absolute atomic E-state index is 0.442. The molecule has 3 aromatic rings. The van der Waals surface area contributed by atoms with Crippen LogP contribution in [0.4, 0.5) is 0 Å². The minimum atomic E-state index is 0.442. The number of carbonyl (C=O) groups is 1. The van der Waals surface area contributed by atoms with Crippen molar-refractivity contribution in [3.05, 3.63) is 47.5 Å². The predicted molar refractivity (Wildman–Crippen MR) is 95.1 cm³/mol. The van der Waals surface area contributed by atoms with Gasteiger partial charge in [0.05, 0.1) is 29.2 Å². The van der Waals surface area contributed by atoms with Crippen molar-refractivity contribution in [2.75, 3.05) is 6.61 Å². The Hall–Kier alpha value is -2.47. The average Bonchev–Trinajstić information content (AvgIpc) is 3.22. The Kier molecular flexibility index (Phi) is 4.76. The molecule has 5 nitrogen and oxygen atoms in total. The highest BCUT2D eigenvalue weighted by Crippen LogP contribution is 2.32. The zero-order valence-corrected chi connectivity index (χ0v) is 14.7. The van der Waals surface area contributed by atoms with Crippen LogP contribution in [0.5, 0.6) is 5.75 Å². The summed E-state index contributed by atoms with van der Waals surface area (Å²) in [6.07, 6.45) is 6.21. The van der Waals surface area contributed by atoms with Crippen molar-refractivity contribution in [2.45, 2.75) is 20.8 Å². The third-order valence-electron chi connectivity index (χ3n) is 3.50. The number of aryl methyl sites for hydroxylation is 1. The number of nitrogens with zero attached hydrogens (tertiary/aromatic N) is 3. The molecule has 0 atom stereocenters. The average molecular weight is 341 g/mol. The molecule has 2 heterocycles. The quantitative estimate of drug-likeness (QED) is 0.632. The molecule has 6 heteroatoms. The van der Waals surface area contributed by atoms with Crippen LogP contribution in [0.2, 0.25) is 0 Å². The van der Waals surface area contributed by atoms with Gasteiger partial charge in [-0.15, -0.1) is 11.3 Å². The van der Waals surface area contributed by atoms with Crippen LogP contribution in [0.15, 0.2) is 36.9 Å².